The number of rotatable bonds is 5. The number of hydrogen-bond donors (Lipinski definition) is 1. The van der Waals surface area contributed by atoms with Crippen molar-refractivity contribution >= 4 is 0 Å². The maximum atomic E-state index is 13.7. The van der Waals surface area contributed by atoms with E-state index in [2.05, 4.69) is 0 Å². The quantitative estimate of drug-likeness (QED) is 0.920. The van der Waals surface area contributed by atoms with Crippen LogP contribution in [0.4, 0.5) is 8.78 Å². The van der Waals surface area contributed by atoms with Crippen molar-refractivity contribution in [2.45, 2.75) is 12.5 Å². The lowest BCUT2D eigenvalue weighted by molar-refractivity contribution is 0.354. The standard InChI is InChI=1S/C16H17F2NO2/c1-20-14-7-6-10(9-15(14)21-2)8-13(19)11-4-3-5-12(17)16(11)18/h3-7,9,13H,8,19H2,1-2H3. The largest absolute Gasteiger partial charge is 0.493 e. The van der Waals surface area contributed by atoms with E-state index in [1.807, 2.05) is 6.07 Å². The van der Waals surface area contributed by atoms with Crippen LogP contribution in [-0.2, 0) is 6.42 Å². The van der Waals surface area contributed by atoms with Crippen LogP contribution in [0.1, 0.15) is 17.2 Å². The third-order valence-electron chi connectivity index (χ3n) is 3.28. The SMILES string of the molecule is COc1ccc(CC(N)c2cccc(F)c2F)cc1OC. The molecule has 0 aliphatic heterocycles. The molecule has 2 aromatic carbocycles. The van der Waals surface area contributed by atoms with Gasteiger partial charge in [-0.25, -0.2) is 8.78 Å². The minimum atomic E-state index is -0.898. The van der Waals surface area contributed by atoms with Crippen LogP contribution in [-0.4, -0.2) is 14.2 Å². The van der Waals surface area contributed by atoms with Crippen molar-refractivity contribution in [1.82, 2.24) is 0 Å². The predicted octanol–water partition coefficient (Wildman–Crippen LogP) is 3.22. The summed E-state index contributed by atoms with van der Waals surface area (Å²) in [6, 6.07) is 8.71. The van der Waals surface area contributed by atoms with Gasteiger partial charge in [-0.1, -0.05) is 18.2 Å². The van der Waals surface area contributed by atoms with Gasteiger partial charge >= 0.3 is 0 Å². The van der Waals surface area contributed by atoms with E-state index in [9.17, 15) is 8.78 Å². The summed E-state index contributed by atoms with van der Waals surface area (Å²) in [5.41, 5.74) is 6.99. The molecule has 2 N–H and O–H groups in total. The molecule has 112 valence electrons. The fourth-order valence-corrected chi connectivity index (χ4v) is 2.18. The fourth-order valence-electron chi connectivity index (χ4n) is 2.18. The smallest absolute Gasteiger partial charge is 0.163 e. The van der Waals surface area contributed by atoms with Gasteiger partial charge in [0.15, 0.2) is 23.1 Å². The van der Waals surface area contributed by atoms with E-state index in [1.54, 1.807) is 19.2 Å². The van der Waals surface area contributed by atoms with Gasteiger partial charge in [-0.05, 0) is 30.2 Å². The Labute approximate surface area is 122 Å². The van der Waals surface area contributed by atoms with E-state index in [-0.39, 0.29) is 5.56 Å². The van der Waals surface area contributed by atoms with Crippen LogP contribution in [0, 0.1) is 11.6 Å². The van der Waals surface area contributed by atoms with Crippen LogP contribution >= 0.6 is 0 Å². The summed E-state index contributed by atoms with van der Waals surface area (Å²) in [4.78, 5) is 0. The number of ether oxygens (including phenoxy) is 2. The number of nitrogens with two attached hydrogens (primary N) is 1. The topological polar surface area (TPSA) is 44.5 Å². The summed E-state index contributed by atoms with van der Waals surface area (Å²) < 4.78 is 37.3. The van der Waals surface area contributed by atoms with Crippen LogP contribution < -0.4 is 15.2 Å². The molecule has 0 saturated carbocycles. The highest BCUT2D eigenvalue weighted by atomic mass is 19.2. The monoisotopic (exact) mass is 293 g/mol. The Morgan fingerprint density at radius 1 is 1.05 bits per heavy atom. The summed E-state index contributed by atoms with van der Waals surface area (Å²) in [5.74, 6) is -0.616. The molecule has 21 heavy (non-hydrogen) atoms. The first-order valence-corrected chi connectivity index (χ1v) is 6.47. The normalized spacial score (nSPS) is 12.0. The molecule has 0 radical (unpaired) electrons. The van der Waals surface area contributed by atoms with Crippen LogP contribution in [0.25, 0.3) is 0 Å². The molecule has 0 bridgehead atoms. The van der Waals surface area contributed by atoms with Crippen molar-refractivity contribution in [3.8, 4) is 11.5 Å². The summed E-state index contributed by atoms with van der Waals surface area (Å²) in [5, 5.41) is 0. The highest BCUT2D eigenvalue weighted by molar-refractivity contribution is 5.43. The fraction of sp³-hybridized carbons (Fsp3) is 0.250. The predicted molar refractivity (Wildman–Crippen MR) is 76.5 cm³/mol. The second kappa shape index (κ2) is 6.54. The number of methoxy groups -OCH3 is 2. The average Bonchev–Trinajstić information content (AvgIpc) is 2.49. The first-order chi connectivity index (χ1) is 10.1. The molecule has 0 saturated heterocycles. The molecule has 2 aromatic rings. The molecule has 0 aromatic heterocycles. The van der Waals surface area contributed by atoms with E-state index in [4.69, 9.17) is 15.2 Å². The molecule has 3 nitrogen and oxygen atoms in total. The average molecular weight is 293 g/mol. The Balaban J connectivity index is 2.23. The van der Waals surface area contributed by atoms with Gasteiger partial charge in [0, 0.05) is 11.6 Å². The summed E-state index contributed by atoms with van der Waals surface area (Å²) in [6.45, 7) is 0. The summed E-state index contributed by atoms with van der Waals surface area (Å²) >= 11 is 0. The molecular formula is C16H17F2NO2. The van der Waals surface area contributed by atoms with E-state index in [0.717, 1.165) is 11.6 Å². The molecule has 5 heteroatoms. The second-order valence-electron chi connectivity index (χ2n) is 4.64. The van der Waals surface area contributed by atoms with Crippen molar-refractivity contribution in [3.63, 3.8) is 0 Å². The Kier molecular flexibility index (Phi) is 4.75. The van der Waals surface area contributed by atoms with Crippen molar-refractivity contribution in [3.05, 3.63) is 59.2 Å². The van der Waals surface area contributed by atoms with Crippen LogP contribution in [0.3, 0.4) is 0 Å². The third kappa shape index (κ3) is 3.31. The van der Waals surface area contributed by atoms with Gasteiger partial charge < -0.3 is 15.2 Å². The molecule has 1 unspecified atom stereocenters. The Bertz CT molecular complexity index is 632. The van der Waals surface area contributed by atoms with Gasteiger partial charge in [-0.15, -0.1) is 0 Å². The Morgan fingerprint density at radius 2 is 1.76 bits per heavy atom. The van der Waals surface area contributed by atoms with Gasteiger partial charge in [-0.2, -0.15) is 0 Å². The van der Waals surface area contributed by atoms with Crippen LogP contribution in [0.2, 0.25) is 0 Å². The zero-order valence-electron chi connectivity index (χ0n) is 11.9. The maximum Gasteiger partial charge on any atom is 0.163 e. The first kappa shape index (κ1) is 15.3. The number of benzene rings is 2. The van der Waals surface area contributed by atoms with E-state index in [0.29, 0.717) is 17.9 Å². The second-order valence-corrected chi connectivity index (χ2v) is 4.64. The zero-order chi connectivity index (χ0) is 15.4. The highest BCUT2D eigenvalue weighted by Gasteiger charge is 2.16. The lowest BCUT2D eigenvalue weighted by Gasteiger charge is -2.15. The summed E-state index contributed by atoms with van der Waals surface area (Å²) in [7, 11) is 3.08. The molecule has 1 atom stereocenters. The molecule has 0 aliphatic carbocycles. The summed E-state index contributed by atoms with van der Waals surface area (Å²) in [6.07, 6.45) is 0.362. The van der Waals surface area contributed by atoms with Gasteiger partial charge in [0.05, 0.1) is 14.2 Å². The molecule has 0 spiro atoms. The number of halogens is 2. The van der Waals surface area contributed by atoms with Gasteiger partial charge in [-0.3, -0.25) is 0 Å². The van der Waals surface area contributed by atoms with E-state index < -0.39 is 17.7 Å². The van der Waals surface area contributed by atoms with Gasteiger partial charge in [0.2, 0.25) is 0 Å². The van der Waals surface area contributed by atoms with E-state index >= 15 is 0 Å². The highest BCUT2D eigenvalue weighted by Crippen LogP contribution is 2.29. The molecule has 2 rings (SSSR count). The molecule has 0 heterocycles. The van der Waals surface area contributed by atoms with Gasteiger partial charge in [0.1, 0.15) is 0 Å². The number of hydrogen-bond acceptors (Lipinski definition) is 3. The minimum absolute atomic E-state index is 0.157. The van der Waals surface area contributed by atoms with Crippen LogP contribution in [0.5, 0.6) is 11.5 Å². The zero-order valence-corrected chi connectivity index (χ0v) is 11.9. The molecule has 0 fully saturated rings. The van der Waals surface area contributed by atoms with Crippen LogP contribution in [0.15, 0.2) is 36.4 Å². The first-order valence-electron chi connectivity index (χ1n) is 6.47. The maximum absolute atomic E-state index is 13.7. The van der Waals surface area contributed by atoms with Gasteiger partial charge in [0.25, 0.3) is 0 Å². The van der Waals surface area contributed by atoms with E-state index in [1.165, 1.54) is 19.2 Å². The molecular weight excluding hydrogens is 276 g/mol. The lowest BCUT2D eigenvalue weighted by Crippen LogP contribution is -2.15. The Hall–Kier alpha value is -2.14. The van der Waals surface area contributed by atoms with Crippen molar-refractivity contribution in [2.75, 3.05) is 14.2 Å². The Morgan fingerprint density at radius 3 is 2.43 bits per heavy atom. The minimum Gasteiger partial charge on any atom is -0.493 e. The van der Waals surface area contributed by atoms with Crippen molar-refractivity contribution in [2.24, 2.45) is 5.73 Å². The molecule has 0 aliphatic rings. The van der Waals surface area contributed by atoms with Crippen molar-refractivity contribution < 1.29 is 18.3 Å². The van der Waals surface area contributed by atoms with Crippen molar-refractivity contribution in [1.29, 1.82) is 0 Å². The molecule has 0 amide bonds. The third-order valence-corrected chi connectivity index (χ3v) is 3.28. The lowest BCUT2D eigenvalue weighted by atomic mass is 9.99.